The maximum Gasteiger partial charge on any atom is 0.251 e. The van der Waals surface area contributed by atoms with Gasteiger partial charge in [-0.15, -0.1) is 0 Å². The monoisotopic (exact) mass is 315 g/mol. The van der Waals surface area contributed by atoms with E-state index in [2.05, 4.69) is 22.5 Å². The van der Waals surface area contributed by atoms with Crippen LogP contribution in [0.3, 0.4) is 0 Å². The number of unbranched alkanes of at least 4 members (excludes halogenated alkanes) is 1. The van der Waals surface area contributed by atoms with Crippen molar-refractivity contribution in [1.29, 1.82) is 0 Å². The van der Waals surface area contributed by atoms with E-state index >= 15 is 0 Å². The summed E-state index contributed by atoms with van der Waals surface area (Å²) in [6.07, 6.45) is 4.16. The minimum absolute atomic E-state index is 0.0991. The minimum Gasteiger partial charge on any atom is -0.370 e. The van der Waals surface area contributed by atoms with Crippen LogP contribution in [0.4, 0.5) is 10.2 Å². The maximum atomic E-state index is 13.5. The zero-order chi connectivity index (χ0) is 16.5. The van der Waals surface area contributed by atoms with Crippen molar-refractivity contribution in [3.63, 3.8) is 0 Å². The predicted octanol–water partition coefficient (Wildman–Crippen LogP) is 3.41. The highest BCUT2D eigenvalue weighted by atomic mass is 19.1. The lowest BCUT2D eigenvalue weighted by Crippen LogP contribution is -2.24. The molecular weight excluding hydrogens is 293 g/mol. The van der Waals surface area contributed by atoms with E-state index in [0.29, 0.717) is 36.5 Å². The van der Waals surface area contributed by atoms with Crippen LogP contribution in [0.25, 0.3) is 0 Å². The summed E-state index contributed by atoms with van der Waals surface area (Å²) in [7, 11) is 0. The van der Waals surface area contributed by atoms with Gasteiger partial charge < -0.3 is 10.6 Å². The lowest BCUT2D eigenvalue weighted by atomic mass is 10.1. The van der Waals surface area contributed by atoms with Crippen LogP contribution in [0.1, 0.15) is 35.7 Å². The molecule has 2 aromatic rings. The fourth-order valence-electron chi connectivity index (χ4n) is 2.18. The van der Waals surface area contributed by atoms with Crippen molar-refractivity contribution in [2.45, 2.75) is 26.2 Å². The fraction of sp³-hybridized carbons (Fsp3) is 0.333. The van der Waals surface area contributed by atoms with Gasteiger partial charge in [-0.2, -0.15) is 0 Å². The Labute approximate surface area is 136 Å². The van der Waals surface area contributed by atoms with Crippen LogP contribution in [-0.2, 0) is 6.42 Å². The third-order valence-corrected chi connectivity index (χ3v) is 3.50. The molecule has 0 spiro atoms. The van der Waals surface area contributed by atoms with Crippen molar-refractivity contribution in [3.05, 3.63) is 59.5 Å². The third kappa shape index (κ3) is 5.36. The molecule has 0 radical (unpaired) electrons. The zero-order valence-electron chi connectivity index (χ0n) is 13.3. The van der Waals surface area contributed by atoms with Gasteiger partial charge in [-0.3, -0.25) is 4.79 Å². The number of rotatable bonds is 8. The van der Waals surface area contributed by atoms with Gasteiger partial charge in [0.1, 0.15) is 11.6 Å². The van der Waals surface area contributed by atoms with Gasteiger partial charge in [0.15, 0.2) is 0 Å². The van der Waals surface area contributed by atoms with Crippen LogP contribution in [0, 0.1) is 5.82 Å². The van der Waals surface area contributed by atoms with Gasteiger partial charge >= 0.3 is 0 Å². The average Bonchev–Trinajstić information content (AvgIpc) is 2.57. The van der Waals surface area contributed by atoms with Gasteiger partial charge in [0.05, 0.1) is 0 Å². The smallest absolute Gasteiger partial charge is 0.251 e. The Hall–Kier alpha value is -2.43. The average molecular weight is 315 g/mol. The molecule has 1 aromatic carbocycles. The normalized spacial score (nSPS) is 10.3. The second kappa shape index (κ2) is 8.88. The number of carbonyl (C=O) groups is 1. The lowest BCUT2D eigenvalue weighted by Gasteiger charge is -2.08. The van der Waals surface area contributed by atoms with E-state index in [1.807, 2.05) is 6.07 Å². The van der Waals surface area contributed by atoms with Crippen LogP contribution < -0.4 is 10.6 Å². The van der Waals surface area contributed by atoms with Crippen LogP contribution in [0.5, 0.6) is 0 Å². The highest BCUT2D eigenvalue weighted by Gasteiger charge is 2.06. The number of halogens is 1. The first-order valence-corrected chi connectivity index (χ1v) is 7.92. The Morgan fingerprint density at radius 3 is 2.83 bits per heavy atom. The molecule has 0 bridgehead atoms. The van der Waals surface area contributed by atoms with E-state index in [9.17, 15) is 9.18 Å². The first-order valence-electron chi connectivity index (χ1n) is 7.92. The Morgan fingerprint density at radius 2 is 2.04 bits per heavy atom. The molecule has 0 unspecified atom stereocenters. The summed E-state index contributed by atoms with van der Waals surface area (Å²) < 4.78 is 13.5. The molecule has 0 atom stereocenters. The standard InChI is InChI=1S/C18H22FN3O/c1-2-3-10-22-18(23)15-9-12-21-17(13-15)20-11-8-14-6-4-5-7-16(14)19/h4-7,9,12-13H,2-3,8,10-11H2,1H3,(H,20,21)(H,22,23). The summed E-state index contributed by atoms with van der Waals surface area (Å²) in [5.74, 6) is 0.314. The summed E-state index contributed by atoms with van der Waals surface area (Å²) in [5.41, 5.74) is 1.23. The molecule has 0 saturated heterocycles. The molecule has 0 aliphatic rings. The number of aromatic nitrogens is 1. The minimum atomic E-state index is -0.202. The molecule has 0 aliphatic carbocycles. The van der Waals surface area contributed by atoms with E-state index in [-0.39, 0.29) is 11.7 Å². The first-order chi connectivity index (χ1) is 11.2. The number of nitrogens with one attached hydrogen (secondary N) is 2. The molecule has 1 heterocycles. The second-order valence-corrected chi connectivity index (χ2v) is 5.31. The van der Waals surface area contributed by atoms with E-state index in [0.717, 1.165) is 12.8 Å². The summed E-state index contributed by atoms with van der Waals surface area (Å²) in [5, 5.41) is 6.00. The Bertz CT molecular complexity index is 646. The van der Waals surface area contributed by atoms with Crippen molar-refractivity contribution in [2.75, 3.05) is 18.4 Å². The van der Waals surface area contributed by atoms with Crippen molar-refractivity contribution in [3.8, 4) is 0 Å². The zero-order valence-corrected chi connectivity index (χ0v) is 13.3. The van der Waals surface area contributed by atoms with E-state index < -0.39 is 0 Å². The van der Waals surface area contributed by atoms with Gasteiger partial charge in [-0.25, -0.2) is 9.37 Å². The number of carbonyl (C=O) groups excluding carboxylic acids is 1. The Balaban J connectivity index is 1.87. The number of amides is 1. The number of hydrogen-bond donors (Lipinski definition) is 2. The van der Waals surface area contributed by atoms with E-state index in [4.69, 9.17) is 0 Å². The van der Waals surface area contributed by atoms with Crippen LogP contribution in [0.2, 0.25) is 0 Å². The molecule has 5 heteroatoms. The highest BCUT2D eigenvalue weighted by molar-refractivity contribution is 5.94. The van der Waals surface area contributed by atoms with Crippen LogP contribution >= 0.6 is 0 Å². The molecule has 23 heavy (non-hydrogen) atoms. The van der Waals surface area contributed by atoms with E-state index in [1.165, 1.54) is 6.07 Å². The van der Waals surface area contributed by atoms with Gasteiger partial charge in [0.25, 0.3) is 5.91 Å². The van der Waals surface area contributed by atoms with E-state index in [1.54, 1.807) is 30.5 Å². The molecular formula is C18H22FN3O. The fourth-order valence-corrected chi connectivity index (χ4v) is 2.18. The van der Waals surface area contributed by atoms with Crippen LogP contribution in [0.15, 0.2) is 42.6 Å². The Morgan fingerprint density at radius 1 is 1.22 bits per heavy atom. The number of hydrogen-bond acceptors (Lipinski definition) is 3. The van der Waals surface area contributed by atoms with Gasteiger partial charge in [-0.1, -0.05) is 31.5 Å². The van der Waals surface area contributed by atoms with Crippen molar-refractivity contribution >= 4 is 11.7 Å². The molecule has 1 amide bonds. The molecule has 122 valence electrons. The molecule has 4 nitrogen and oxygen atoms in total. The molecule has 2 N–H and O–H groups in total. The summed E-state index contributed by atoms with van der Waals surface area (Å²) >= 11 is 0. The van der Waals surface area contributed by atoms with Crippen LogP contribution in [-0.4, -0.2) is 24.0 Å². The largest absolute Gasteiger partial charge is 0.370 e. The number of anilines is 1. The molecule has 2 rings (SSSR count). The first kappa shape index (κ1) is 16.9. The SMILES string of the molecule is CCCCNC(=O)c1ccnc(NCCc2ccccc2F)c1. The summed E-state index contributed by atoms with van der Waals surface area (Å²) in [6.45, 7) is 3.30. The van der Waals surface area contributed by atoms with Gasteiger partial charge in [0, 0.05) is 24.8 Å². The second-order valence-electron chi connectivity index (χ2n) is 5.31. The van der Waals surface area contributed by atoms with Crippen molar-refractivity contribution in [1.82, 2.24) is 10.3 Å². The maximum absolute atomic E-state index is 13.5. The molecule has 1 aromatic heterocycles. The highest BCUT2D eigenvalue weighted by Crippen LogP contribution is 2.09. The van der Waals surface area contributed by atoms with Gasteiger partial charge in [0.2, 0.25) is 0 Å². The molecule has 0 aliphatic heterocycles. The number of nitrogens with zero attached hydrogens (tertiary/aromatic N) is 1. The van der Waals surface area contributed by atoms with Crippen molar-refractivity contribution < 1.29 is 9.18 Å². The lowest BCUT2D eigenvalue weighted by molar-refractivity contribution is 0.0953. The Kier molecular flexibility index (Phi) is 6.54. The molecule has 0 saturated carbocycles. The van der Waals surface area contributed by atoms with Gasteiger partial charge in [-0.05, 0) is 36.6 Å². The molecule has 0 fully saturated rings. The third-order valence-electron chi connectivity index (χ3n) is 3.50. The number of benzene rings is 1. The van der Waals surface area contributed by atoms with Crippen molar-refractivity contribution in [2.24, 2.45) is 0 Å². The summed E-state index contributed by atoms with van der Waals surface area (Å²) in [4.78, 5) is 16.2. The summed E-state index contributed by atoms with van der Waals surface area (Å²) in [6, 6.07) is 10.1. The topological polar surface area (TPSA) is 54.0 Å². The quantitative estimate of drug-likeness (QED) is 0.734. The number of pyridine rings is 1. The predicted molar refractivity (Wildman–Crippen MR) is 90.1 cm³/mol.